The average molecular weight is 231 g/mol. The predicted octanol–water partition coefficient (Wildman–Crippen LogP) is 3.65. The Hall–Kier alpha value is -1.77. The van der Waals surface area contributed by atoms with E-state index in [1.807, 2.05) is 30.3 Å². The highest BCUT2D eigenvalue weighted by atomic mass is 16.5. The molecule has 3 heteroatoms. The normalized spacial score (nSPS) is 11.5. The number of aromatic nitrogens is 1. The van der Waals surface area contributed by atoms with Crippen LogP contribution in [-0.2, 0) is 5.41 Å². The summed E-state index contributed by atoms with van der Waals surface area (Å²) in [5.74, 6) is 1.63. The lowest BCUT2D eigenvalue weighted by Crippen LogP contribution is -2.10. The zero-order valence-corrected chi connectivity index (χ0v) is 10.7. The van der Waals surface area contributed by atoms with Crippen molar-refractivity contribution >= 4 is 0 Å². The third-order valence-electron chi connectivity index (χ3n) is 2.65. The largest absolute Gasteiger partial charge is 0.497 e. The second kappa shape index (κ2) is 4.24. The summed E-state index contributed by atoms with van der Waals surface area (Å²) in [5, 5.41) is 4.10. The molecule has 0 fully saturated rings. The Kier molecular flexibility index (Phi) is 2.92. The first-order chi connectivity index (χ1) is 8.00. The van der Waals surface area contributed by atoms with Crippen LogP contribution < -0.4 is 4.74 Å². The van der Waals surface area contributed by atoms with Crippen LogP contribution in [0, 0.1) is 0 Å². The van der Waals surface area contributed by atoms with Gasteiger partial charge in [-0.2, -0.15) is 0 Å². The van der Waals surface area contributed by atoms with Crippen LogP contribution in [0.15, 0.2) is 34.9 Å². The minimum Gasteiger partial charge on any atom is -0.497 e. The molecule has 90 valence electrons. The third-order valence-corrected chi connectivity index (χ3v) is 2.65. The molecule has 1 aromatic heterocycles. The summed E-state index contributed by atoms with van der Waals surface area (Å²) in [5.41, 5.74) is 1.98. The van der Waals surface area contributed by atoms with Crippen LogP contribution in [0.4, 0.5) is 0 Å². The van der Waals surface area contributed by atoms with E-state index in [-0.39, 0.29) is 5.41 Å². The average Bonchev–Trinajstić information content (AvgIpc) is 2.78. The predicted molar refractivity (Wildman–Crippen MR) is 67.2 cm³/mol. The van der Waals surface area contributed by atoms with Crippen molar-refractivity contribution in [3.63, 3.8) is 0 Å². The monoisotopic (exact) mass is 231 g/mol. The summed E-state index contributed by atoms with van der Waals surface area (Å²) in [7, 11) is 1.65. The molecule has 0 aliphatic heterocycles. The first-order valence-corrected chi connectivity index (χ1v) is 5.62. The molecule has 0 spiro atoms. The van der Waals surface area contributed by atoms with Crippen LogP contribution in [0.2, 0.25) is 0 Å². The van der Waals surface area contributed by atoms with Crippen LogP contribution >= 0.6 is 0 Å². The van der Waals surface area contributed by atoms with Gasteiger partial charge in [-0.25, -0.2) is 0 Å². The minimum atomic E-state index is 0.00816. The van der Waals surface area contributed by atoms with E-state index in [1.165, 1.54) is 0 Å². The van der Waals surface area contributed by atoms with Gasteiger partial charge in [-0.05, 0) is 24.3 Å². The van der Waals surface area contributed by atoms with E-state index in [0.29, 0.717) is 0 Å². The van der Waals surface area contributed by atoms with Crippen molar-refractivity contribution in [2.24, 2.45) is 0 Å². The second-order valence-electron chi connectivity index (χ2n) is 5.05. The highest BCUT2D eigenvalue weighted by Gasteiger charge is 2.19. The number of benzene rings is 1. The van der Waals surface area contributed by atoms with Gasteiger partial charge in [0, 0.05) is 17.0 Å². The van der Waals surface area contributed by atoms with Crippen molar-refractivity contribution in [3.05, 3.63) is 36.0 Å². The number of hydrogen-bond donors (Lipinski definition) is 0. The maximum absolute atomic E-state index is 5.36. The molecule has 0 saturated heterocycles. The van der Waals surface area contributed by atoms with Crippen LogP contribution in [0.3, 0.4) is 0 Å². The first kappa shape index (κ1) is 11.7. The molecule has 2 rings (SSSR count). The van der Waals surface area contributed by atoms with Crippen molar-refractivity contribution in [1.29, 1.82) is 0 Å². The van der Waals surface area contributed by atoms with Crippen LogP contribution in [0.5, 0.6) is 5.75 Å². The number of ether oxygens (including phenoxy) is 1. The lowest BCUT2D eigenvalue weighted by Gasteiger charge is -2.12. The molecule has 0 bridgehead atoms. The van der Waals surface area contributed by atoms with E-state index in [4.69, 9.17) is 9.26 Å². The summed E-state index contributed by atoms with van der Waals surface area (Å²) in [6, 6.07) is 9.74. The molecule has 0 unspecified atom stereocenters. The molecular weight excluding hydrogens is 214 g/mol. The van der Waals surface area contributed by atoms with E-state index in [9.17, 15) is 0 Å². The molecule has 1 aromatic carbocycles. The standard InChI is InChI=1S/C14H17NO2/c1-14(2,3)13-9-12(17-15-13)10-5-7-11(16-4)8-6-10/h5-9H,1-4H3. The number of nitrogens with zero attached hydrogens (tertiary/aromatic N) is 1. The maximum Gasteiger partial charge on any atom is 0.167 e. The van der Waals surface area contributed by atoms with Crippen LogP contribution in [0.1, 0.15) is 26.5 Å². The van der Waals surface area contributed by atoms with Crippen molar-refractivity contribution < 1.29 is 9.26 Å². The number of rotatable bonds is 2. The fourth-order valence-corrected chi connectivity index (χ4v) is 1.52. The van der Waals surface area contributed by atoms with Gasteiger partial charge in [-0.1, -0.05) is 25.9 Å². The fourth-order valence-electron chi connectivity index (χ4n) is 1.52. The summed E-state index contributed by atoms with van der Waals surface area (Å²) in [4.78, 5) is 0. The van der Waals surface area contributed by atoms with Gasteiger partial charge in [0.05, 0.1) is 12.8 Å². The van der Waals surface area contributed by atoms with Gasteiger partial charge in [0.1, 0.15) is 5.75 Å². The van der Waals surface area contributed by atoms with Gasteiger partial charge in [-0.3, -0.25) is 0 Å². The summed E-state index contributed by atoms with van der Waals surface area (Å²) in [6.07, 6.45) is 0. The zero-order chi connectivity index (χ0) is 12.5. The van der Waals surface area contributed by atoms with Gasteiger partial charge < -0.3 is 9.26 Å². The smallest absolute Gasteiger partial charge is 0.167 e. The van der Waals surface area contributed by atoms with E-state index in [1.54, 1.807) is 7.11 Å². The van der Waals surface area contributed by atoms with Gasteiger partial charge in [0.15, 0.2) is 5.76 Å². The fraction of sp³-hybridized carbons (Fsp3) is 0.357. The number of methoxy groups -OCH3 is 1. The summed E-state index contributed by atoms with van der Waals surface area (Å²) >= 11 is 0. The highest BCUT2D eigenvalue weighted by Crippen LogP contribution is 2.28. The lowest BCUT2D eigenvalue weighted by atomic mass is 9.92. The van der Waals surface area contributed by atoms with E-state index in [0.717, 1.165) is 22.8 Å². The van der Waals surface area contributed by atoms with Crippen molar-refractivity contribution in [1.82, 2.24) is 5.16 Å². The lowest BCUT2D eigenvalue weighted by molar-refractivity contribution is 0.402. The SMILES string of the molecule is COc1ccc(-c2cc(C(C)(C)C)no2)cc1. The summed E-state index contributed by atoms with van der Waals surface area (Å²) < 4.78 is 10.5. The summed E-state index contributed by atoms with van der Waals surface area (Å²) in [6.45, 7) is 6.34. The molecule has 0 saturated carbocycles. The van der Waals surface area contributed by atoms with Gasteiger partial charge in [-0.15, -0.1) is 0 Å². The van der Waals surface area contributed by atoms with Gasteiger partial charge in [0.2, 0.25) is 0 Å². The molecule has 0 radical (unpaired) electrons. The first-order valence-electron chi connectivity index (χ1n) is 5.62. The van der Waals surface area contributed by atoms with Crippen LogP contribution in [0.25, 0.3) is 11.3 Å². The van der Waals surface area contributed by atoms with Crippen molar-refractivity contribution in [2.75, 3.05) is 7.11 Å². The van der Waals surface area contributed by atoms with E-state index in [2.05, 4.69) is 25.9 Å². The molecule has 0 amide bonds. The third kappa shape index (κ3) is 2.49. The Bertz CT molecular complexity index is 492. The molecule has 0 aliphatic rings. The Labute approximate surface area is 101 Å². The van der Waals surface area contributed by atoms with Gasteiger partial charge in [0.25, 0.3) is 0 Å². The Morgan fingerprint density at radius 1 is 1.12 bits per heavy atom. The van der Waals surface area contributed by atoms with Crippen molar-refractivity contribution in [3.8, 4) is 17.1 Å². The number of hydrogen-bond acceptors (Lipinski definition) is 3. The molecule has 0 N–H and O–H groups in total. The molecule has 0 aliphatic carbocycles. The van der Waals surface area contributed by atoms with E-state index < -0.39 is 0 Å². The van der Waals surface area contributed by atoms with E-state index >= 15 is 0 Å². The Balaban J connectivity index is 2.30. The highest BCUT2D eigenvalue weighted by molar-refractivity contribution is 5.58. The van der Waals surface area contributed by atoms with Gasteiger partial charge >= 0.3 is 0 Å². The molecule has 1 heterocycles. The topological polar surface area (TPSA) is 35.3 Å². The molecule has 3 nitrogen and oxygen atoms in total. The Morgan fingerprint density at radius 2 is 1.76 bits per heavy atom. The quantitative estimate of drug-likeness (QED) is 0.791. The Morgan fingerprint density at radius 3 is 2.24 bits per heavy atom. The van der Waals surface area contributed by atoms with Crippen LogP contribution in [-0.4, -0.2) is 12.3 Å². The molecular formula is C14H17NO2. The minimum absolute atomic E-state index is 0.00816. The molecule has 0 atom stereocenters. The molecule has 2 aromatic rings. The van der Waals surface area contributed by atoms with Crippen molar-refractivity contribution in [2.45, 2.75) is 26.2 Å². The second-order valence-corrected chi connectivity index (χ2v) is 5.05. The maximum atomic E-state index is 5.36. The molecule has 17 heavy (non-hydrogen) atoms. The zero-order valence-electron chi connectivity index (χ0n) is 10.7.